The molecule has 0 saturated carbocycles. The number of aromatic nitrogens is 2. The molecule has 1 heterocycles. The van der Waals surface area contributed by atoms with Gasteiger partial charge in [0.2, 0.25) is 0 Å². The van der Waals surface area contributed by atoms with Gasteiger partial charge in [-0.15, -0.1) is 0 Å². The van der Waals surface area contributed by atoms with Gasteiger partial charge in [-0.2, -0.15) is 0 Å². The van der Waals surface area contributed by atoms with Crippen molar-refractivity contribution >= 4 is 27.0 Å². The summed E-state index contributed by atoms with van der Waals surface area (Å²) >= 11 is 3.51. The number of hydrogen-bond acceptors (Lipinski definition) is 2. The van der Waals surface area contributed by atoms with Gasteiger partial charge < -0.3 is 9.30 Å². The highest BCUT2D eigenvalue weighted by molar-refractivity contribution is 9.10. The maximum Gasteiger partial charge on any atom is 0.141 e. The van der Waals surface area contributed by atoms with E-state index in [1.54, 1.807) is 0 Å². The summed E-state index contributed by atoms with van der Waals surface area (Å²) in [5.74, 6) is 1.98. The summed E-state index contributed by atoms with van der Waals surface area (Å²) in [6.45, 7) is 5.71. The molecule has 0 radical (unpaired) electrons. The van der Waals surface area contributed by atoms with Crippen molar-refractivity contribution in [1.29, 1.82) is 0 Å². The van der Waals surface area contributed by atoms with E-state index in [9.17, 15) is 0 Å². The number of nitrogens with zero attached hydrogens (tertiary/aromatic N) is 2. The maximum atomic E-state index is 6.05. The Kier molecular flexibility index (Phi) is 5.49. The first kappa shape index (κ1) is 18.8. The van der Waals surface area contributed by atoms with Crippen LogP contribution in [-0.2, 0) is 6.54 Å². The van der Waals surface area contributed by atoms with Gasteiger partial charge in [-0.3, -0.25) is 0 Å². The summed E-state index contributed by atoms with van der Waals surface area (Å²) in [6, 6.07) is 23.0. The Labute approximate surface area is 174 Å². The topological polar surface area (TPSA) is 27.1 Å². The van der Waals surface area contributed by atoms with Crippen LogP contribution in [0.4, 0.5) is 0 Å². The summed E-state index contributed by atoms with van der Waals surface area (Å²) in [4.78, 5) is 4.88. The van der Waals surface area contributed by atoms with Crippen LogP contribution >= 0.6 is 15.9 Å². The minimum Gasteiger partial charge on any atom is -0.493 e. The van der Waals surface area contributed by atoms with Crippen LogP contribution in [-0.4, -0.2) is 16.2 Å². The van der Waals surface area contributed by atoms with E-state index in [1.807, 2.05) is 6.07 Å². The molecule has 4 aromatic rings. The number of rotatable bonds is 6. The lowest BCUT2D eigenvalue weighted by molar-refractivity contribution is 0.301. The number of ether oxygens (including phenoxy) is 1. The third kappa shape index (κ3) is 3.97. The SMILES string of the molecule is Cc1ccc(C)c(OCCCn2c(-c3ccc(Br)cc3)nc3ccccc32)c1. The molecule has 142 valence electrons. The third-order valence-electron chi connectivity index (χ3n) is 4.88. The fourth-order valence-electron chi connectivity index (χ4n) is 3.39. The first-order valence-electron chi connectivity index (χ1n) is 9.53. The van der Waals surface area contributed by atoms with Crippen LogP contribution in [0.15, 0.2) is 71.2 Å². The zero-order valence-electron chi connectivity index (χ0n) is 16.2. The van der Waals surface area contributed by atoms with Crippen LogP contribution in [0.3, 0.4) is 0 Å². The second kappa shape index (κ2) is 8.19. The molecule has 0 aliphatic carbocycles. The molecule has 1 aromatic heterocycles. The van der Waals surface area contributed by atoms with Crippen molar-refractivity contribution in [2.24, 2.45) is 0 Å². The highest BCUT2D eigenvalue weighted by atomic mass is 79.9. The second-order valence-electron chi connectivity index (χ2n) is 7.05. The van der Waals surface area contributed by atoms with Crippen molar-refractivity contribution < 1.29 is 4.74 Å². The first-order chi connectivity index (χ1) is 13.6. The average molecular weight is 435 g/mol. The average Bonchev–Trinajstić information content (AvgIpc) is 3.07. The number of aryl methyl sites for hydroxylation is 3. The first-order valence-corrected chi connectivity index (χ1v) is 10.3. The van der Waals surface area contributed by atoms with Crippen molar-refractivity contribution in [3.05, 3.63) is 82.3 Å². The van der Waals surface area contributed by atoms with Crippen molar-refractivity contribution in [3.63, 3.8) is 0 Å². The zero-order valence-corrected chi connectivity index (χ0v) is 17.7. The van der Waals surface area contributed by atoms with Crippen LogP contribution in [0.5, 0.6) is 5.75 Å². The molecule has 0 bridgehead atoms. The Bertz CT molecular complexity index is 1100. The van der Waals surface area contributed by atoms with E-state index in [1.165, 1.54) is 11.1 Å². The number of imidazole rings is 1. The fraction of sp³-hybridized carbons (Fsp3) is 0.208. The van der Waals surface area contributed by atoms with E-state index in [2.05, 4.69) is 95.0 Å². The van der Waals surface area contributed by atoms with E-state index in [0.717, 1.165) is 45.6 Å². The predicted molar refractivity (Wildman–Crippen MR) is 119 cm³/mol. The highest BCUT2D eigenvalue weighted by Gasteiger charge is 2.12. The summed E-state index contributed by atoms with van der Waals surface area (Å²) in [6.07, 6.45) is 0.914. The van der Waals surface area contributed by atoms with Crippen molar-refractivity contribution in [2.75, 3.05) is 6.61 Å². The van der Waals surface area contributed by atoms with Gasteiger partial charge in [0.05, 0.1) is 17.6 Å². The Morgan fingerprint density at radius 2 is 1.75 bits per heavy atom. The standard InChI is InChI=1S/C24H23BrN2O/c1-17-8-9-18(2)23(16-17)28-15-5-14-27-22-7-4-3-6-21(22)26-24(27)19-10-12-20(25)13-11-19/h3-4,6-13,16H,5,14-15H2,1-2H3. The Hall–Kier alpha value is -2.59. The highest BCUT2D eigenvalue weighted by Crippen LogP contribution is 2.26. The van der Waals surface area contributed by atoms with Crippen LogP contribution in [0, 0.1) is 13.8 Å². The molecule has 0 spiro atoms. The van der Waals surface area contributed by atoms with Crippen LogP contribution < -0.4 is 4.74 Å². The van der Waals surface area contributed by atoms with Gasteiger partial charge in [0, 0.05) is 16.6 Å². The molecule has 0 unspecified atom stereocenters. The fourth-order valence-corrected chi connectivity index (χ4v) is 3.65. The largest absolute Gasteiger partial charge is 0.493 e. The van der Waals surface area contributed by atoms with Gasteiger partial charge in [-0.25, -0.2) is 4.98 Å². The lowest BCUT2D eigenvalue weighted by atomic mass is 10.1. The van der Waals surface area contributed by atoms with E-state index >= 15 is 0 Å². The zero-order chi connectivity index (χ0) is 19.5. The summed E-state index contributed by atoms with van der Waals surface area (Å²) in [7, 11) is 0. The van der Waals surface area contributed by atoms with E-state index in [4.69, 9.17) is 9.72 Å². The van der Waals surface area contributed by atoms with Crippen molar-refractivity contribution in [2.45, 2.75) is 26.8 Å². The molecule has 0 saturated heterocycles. The smallest absolute Gasteiger partial charge is 0.141 e. The van der Waals surface area contributed by atoms with Gasteiger partial charge in [-0.1, -0.05) is 52.3 Å². The number of halogens is 1. The molecule has 0 amide bonds. The van der Waals surface area contributed by atoms with Crippen molar-refractivity contribution in [3.8, 4) is 17.1 Å². The molecule has 0 aliphatic heterocycles. The minimum atomic E-state index is 0.677. The molecule has 4 heteroatoms. The summed E-state index contributed by atoms with van der Waals surface area (Å²) in [5, 5.41) is 0. The summed E-state index contributed by atoms with van der Waals surface area (Å²) < 4.78 is 9.42. The lowest BCUT2D eigenvalue weighted by Gasteiger charge is -2.12. The maximum absolute atomic E-state index is 6.05. The Balaban J connectivity index is 1.55. The van der Waals surface area contributed by atoms with E-state index in [-0.39, 0.29) is 0 Å². The number of hydrogen-bond donors (Lipinski definition) is 0. The Morgan fingerprint density at radius 1 is 0.964 bits per heavy atom. The van der Waals surface area contributed by atoms with Gasteiger partial charge in [0.25, 0.3) is 0 Å². The van der Waals surface area contributed by atoms with Gasteiger partial charge in [0.1, 0.15) is 11.6 Å². The third-order valence-corrected chi connectivity index (χ3v) is 5.41. The molecule has 0 N–H and O–H groups in total. The Morgan fingerprint density at radius 3 is 2.57 bits per heavy atom. The number of fused-ring (bicyclic) bond motifs is 1. The molecule has 3 aromatic carbocycles. The van der Waals surface area contributed by atoms with Gasteiger partial charge in [0.15, 0.2) is 0 Å². The van der Waals surface area contributed by atoms with Crippen molar-refractivity contribution in [1.82, 2.24) is 9.55 Å². The number of para-hydroxylation sites is 2. The molecule has 0 aliphatic rings. The second-order valence-corrected chi connectivity index (χ2v) is 7.97. The molecule has 28 heavy (non-hydrogen) atoms. The number of benzene rings is 3. The summed E-state index contributed by atoms with van der Waals surface area (Å²) in [5.41, 5.74) is 5.70. The molecular weight excluding hydrogens is 412 g/mol. The molecule has 4 rings (SSSR count). The lowest BCUT2D eigenvalue weighted by Crippen LogP contribution is -2.06. The molecule has 0 atom stereocenters. The monoisotopic (exact) mass is 434 g/mol. The predicted octanol–water partition coefficient (Wildman–Crippen LogP) is 6.55. The molecule has 0 fully saturated rings. The van der Waals surface area contributed by atoms with Crippen LogP contribution in [0.25, 0.3) is 22.4 Å². The molecule has 3 nitrogen and oxygen atoms in total. The van der Waals surface area contributed by atoms with Gasteiger partial charge in [-0.05, 0) is 61.7 Å². The van der Waals surface area contributed by atoms with E-state index in [0.29, 0.717) is 6.61 Å². The van der Waals surface area contributed by atoms with Crippen LogP contribution in [0.1, 0.15) is 17.5 Å². The minimum absolute atomic E-state index is 0.677. The quantitative estimate of drug-likeness (QED) is 0.321. The normalized spacial score (nSPS) is 11.1. The molecular formula is C24H23BrN2O. The van der Waals surface area contributed by atoms with Crippen LogP contribution in [0.2, 0.25) is 0 Å². The van der Waals surface area contributed by atoms with Gasteiger partial charge >= 0.3 is 0 Å². The van der Waals surface area contributed by atoms with E-state index < -0.39 is 0 Å².